The van der Waals surface area contributed by atoms with Crippen LogP contribution in [0.25, 0.3) is 0 Å². The van der Waals surface area contributed by atoms with E-state index in [1.165, 1.54) is 0 Å². The molecule has 1 saturated heterocycles. The predicted molar refractivity (Wildman–Crippen MR) is 82.6 cm³/mol. The molecule has 1 aliphatic heterocycles. The van der Waals surface area contributed by atoms with Crippen LogP contribution in [0.4, 0.5) is 0 Å². The van der Waals surface area contributed by atoms with Crippen LogP contribution < -0.4 is 5.32 Å². The van der Waals surface area contributed by atoms with Gasteiger partial charge in [0.1, 0.15) is 5.69 Å². The third-order valence-electron chi connectivity index (χ3n) is 4.13. The van der Waals surface area contributed by atoms with Crippen molar-refractivity contribution in [2.45, 2.75) is 26.3 Å². The zero-order valence-electron chi connectivity index (χ0n) is 13.5. The van der Waals surface area contributed by atoms with Gasteiger partial charge in [-0.15, -0.1) is 10.2 Å². The quantitative estimate of drug-likeness (QED) is 0.875. The molecule has 8 nitrogen and oxygen atoms in total. The minimum absolute atomic E-state index is 0.0744. The van der Waals surface area contributed by atoms with Gasteiger partial charge < -0.3 is 14.3 Å². The molecule has 23 heavy (non-hydrogen) atoms. The molecule has 0 aromatic carbocycles. The Labute approximate surface area is 134 Å². The number of rotatable bonds is 5. The van der Waals surface area contributed by atoms with Gasteiger partial charge in [-0.2, -0.15) is 0 Å². The molecule has 1 unspecified atom stereocenters. The number of aromatic nitrogens is 4. The van der Waals surface area contributed by atoms with Gasteiger partial charge in [-0.1, -0.05) is 0 Å². The van der Waals surface area contributed by atoms with Gasteiger partial charge in [0, 0.05) is 27.1 Å². The van der Waals surface area contributed by atoms with Crippen molar-refractivity contribution in [3.8, 4) is 0 Å². The number of likely N-dealkylation sites (tertiary alicyclic amines) is 1. The average Bonchev–Trinajstić information content (AvgIpc) is 3.14. The Morgan fingerprint density at radius 3 is 3.04 bits per heavy atom. The highest BCUT2D eigenvalue weighted by Gasteiger charge is 2.22. The molecule has 8 heteroatoms. The molecule has 3 heterocycles. The summed E-state index contributed by atoms with van der Waals surface area (Å²) in [6.07, 6.45) is 5.44. The first-order chi connectivity index (χ1) is 11.1. The number of carbonyl (C=O) groups is 1. The highest BCUT2D eigenvalue weighted by Crippen LogP contribution is 2.18. The van der Waals surface area contributed by atoms with Gasteiger partial charge in [0.25, 0.3) is 5.91 Å². The number of nitrogens with one attached hydrogen (secondary N) is 1. The Hall–Kier alpha value is -2.22. The number of imidazole rings is 1. The summed E-state index contributed by atoms with van der Waals surface area (Å²) in [6, 6.07) is 0. The summed E-state index contributed by atoms with van der Waals surface area (Å²) in [5, 5.41) is 10.9. The summed E-state index contributed by atoms with van der Waals surface area (Å²) in [5.41, 5.74) is 0.582. The van der Waals surface area contributed by atoms with E-state index in [2.05, 4.69) is 25.4 Å². The van der Waals surface area contributed by atoms with Crippen molar-refractivity contribution < 1.29 is 9.21 Å². The lowest BCUT2D eigenvalue weighted by Crippen LogP contribution is -2.40. The molecule has 1 fully saturated rings. The van der Waals surface area contributed by atoms with Crippen LogP contribution in [0.15, 0.2) is 16.9 Å². The van der Waals surface area contributed by atoms with Crippen LogP contribution in [0.3, 0.4) is 0 Å². The first kappa shape index (κ1) is 15.7. The van der Waals surface area contributed by atoms with Crippen LogP contribution in [0.5, 0.6) is 0 Å². The highest BCUT2D eigenvalue weighted by atomic mass is 16.4. The van der Waals surface area contributed by atoms with Crippen LogP contribution in [-0.2, 0) is 13.6 Å². The number of hydrogen-bond donors (Lipinski definition) is 1. The van der Waals surface area contributed by atoms with Crippen LogP contribution in [0.1, 0.15) is 35.1 Å². The zero-order valence-corrected chi connectivity index (χ0v) is 13.5. The van der Waals surface area contributed by atoms with Gasteiger partial charge in [0.2, 0.25) is 11.8 Å². The highest BCUT2D eigenvalue weighted by molar-refractivity contribution is 5.92. The topological polar surface area (TPSA) is 89.1 Å². The molecule has 2 aromatic rings. The van der Waals surface area contributed by atoms with Crippen LogP contribution in [-0.4, -0.2) is 50.2 Å². The fourth-order valence-electron chi connectivity index (χ4n) is 2.96. The molecule has 0 spiro atoms. The summed E-state index contributed by atoms with van der Waals surface area (Å²) < 4.78 is 7.16. The number of hydrogen-bond acceptors (Lipinski definition) is 6. The van der Waals surface area contributed by atoms with Crippen molar-refractivity contribution in [1.29, 1.82) is 0 Å². The molecule has 124 valence electrons. The van der Waals surface area contributed by atoms with Gasteiger partial charge >= 0.3 is 0 Å². The van der Waals surface area contributed by atoms with Gasteiger partial charge in [0.05, 0.1) is 19.1 Å². The Morgan fingerprint density at radius 2 is 2.35 bits per heavy atom. The molecule has 0 saturated carbocycles. The van der Waals surface area contributed by atoms with Crippen LogP contribution in [0, 0.1) is 12.8 Å². The van der Waals surface area contributed by atoms with Crippen molar-refractivity contribution >= 4 is 5.91 Å². The maximum absolute atomic E-state index is 12.1. The van der Waals surface area contributed by atoms with Crippen molar-refractivity contribution in [3.63, 3.8) is 0 Å². The fraction of sp³-hybridized carbons (Fsp3) is 0.600. The lowest BCUT2D eigenvalue weighted by Gasteiger charge is -2.31. The standard InChI is InChI=1S/C15H22N6O2/c1-11-18-19-14(23-11)9-21-5-3-4-12(8-21)6-17-15(22)13-7-16-10-20(13)2/h7,10,12H,3-6,8-9H2,1-2H3,(H,17,22). The predicted octanol–water partition coefficient (Wildman–Crippen LogP) is 0.754. The molecule has 2 aromatic heterocycles. The summed E-state index contributed by atoms with van der Waals surface area (Å²) in [5.74, 6) is 1.61. The SMILES string of the molecule is Cc1nnc(CN2CCCC(CNC(=O)c3cncn3C)C2)o1. The summed E-state index contributed by atoms with van der Waals surface area (Å²) in [7, 11) is 1.82. The Kier molecular flexibility index (Phi) is 4.71. The lowest BCUT2D eigenvalue weighted by atomic mass is 9.98. The van der Waals surface area contributed by atoms with E-state index in [4.69, 9.17) is 4.42 Å². The number of piperidine rings is 1. The van der Waals surface area contributed by atoms with E-state index in [1.807, 2.05) is 7.05 Å². The molecule has 0 bridgehead atoms. The minimum atomic E-state index is -0.0744. The second-order valence-electron chi connectivity index (χ2n) is 6.06. The van der Waals surface area contributed by atoms with E-state index in [0.29, 0.717) is 36.5 Å². The van der Waals surface area contributed by atoms with Crippen molar-refractivity contribution in [2.24, 2.45) is 13.0 Å². The van der Waals surface area contributed by atoms with Gasteiger partial charge in [-0.3, -0.25) is 9.69 Å². The molecule has 1 aliphatic rings. The van der Waals surface area contributed by atoms with E-state index in [1.54, 1.807) is 24.0 Å². The second-order valence-corrected chi connectivity index (χ2v) is 6.06. The minimum Gasteiger partial charge on any atom is -0.424 e. The molecular weight excluding hydrogens is 296 g/mol. The summed E-state index contributed by atoms with van der Waals surface area (Å²) in [4.78, 5) is 18.4. The Morgan fingerprint density at radius 1 is 1.48 bits per heavy atom. The third kappa shape index (κ3) is 3.95. The molecular formula is C15H22N6O2. The summed E-state index contributed by atoms with van der Waals surface area (Å²) in [6.45, 7) is 5.08. The number of carbonyl (C=O) groups excluding carboxylic acids is 1. The monoisotopic (exact) mass is 318 g/mol. The molecule has 1 atom stereocenters. The molecule has 1 amide bonds. The van der Waals surface area contributed by atoms with E-state index < -0.39 is 0 Å². The third-order valence-corrected chi connectivity index (χ3v) is 4.13. The van der Waals surface area contributed by atoms with Gasteiger partial charge in [-0.25, -0.2) is 4.98 Å². The smallest absolute Gasteiger partial charge is 0.269 e. The van der Waals surface area contributed by atoms with Crippen molar-refractivity contribution in [2.75, 3.05) is 19.6 Å². The summed E-state index contributed by atoms with van der Waals surface area (Å²) >= 11 is 0. The molecule has 1 N–H and O–H groups in total. The van der Waals surface area contributed by atoms with Gasteiger partial charge in [-0.05, 0) is 25.3 Å². The Balaban J connectivity index is 1.49. The van der Waals surface area contributed by atoms with E-state index in [0.717, 1.165) is 25.9 Å². The fourth-order valence-corrected chi connectivity index (χ4v) is 2.96. The number of nitrogens with zero attached hydrogens (tertiary/aromatic N) is 5. The molecule has 3 rings (SSSR count). The maximum Gasteiger partial charge on any atom is 0.269 e. The van der Waals surface area contributed by atoms with Crippen molar-refractivity contribution in [3.05, 3.63) is 30.0 Å². The maximum atomic E-state index is 12.1. The van der Waals surface area contributed by atoms with Crippen molar-refractivity contribution in [1.82, 2.24) is 30.0 Å². The molecule has 0 radical (unpaired) electrons. The van der Waals surface area contributed by atoms with E-state index in [-0.39, 0.29) is 5.91 Å². The number of aryl methyl sites for hydroxylation is 2. The average molecular weight is 318 g/mol. The van der Waals surface area contributed by atoms with Gasteiger partial charge in [0.15, 0.2) is 0 Å². The zero-order chi connectivity index (χ0) is 16.2. The van der Waals surface area contributed by atoms with Crippen LogP contribution in [0.2, 0.25) is 0 Å². The lowest BCUT2D eigenvalue weighted by molar-refractivity contribution is 0.0919. The first-order valence-corrected chi connectivity index (χ1v) is 7.87. The van der Waals surface area contributed by atoms with E-state index >= 15 is 0 Å². The Bertz CT molecular complexity index is 664. The van der Waals surface area contributed by atoms with Crippen LogP contribution >= 0.6 is 0 Å². The first-order valence-electron chi connectivity index (χ1n) is 7.87. The largest absolute Gasteiger partial charge is 0.424 e. The van der Waals surface area contributed by atoms with E-state index in [9.17, 15) is 4.79 Å². The normalized spacial score (nSPS) is 19.0. The second kappa shape index (κ2) is 6.91. The number of amides is 1. The molecule has 0 aliphatic carbocycles.